The lowest BCUT2D eigenvalue weighted by atomic mass is 9.76. The molecule has 2 aliphatic rings. The fourth-order valence-electron chi connectivity index (χ4n) is 3.87. The van der Waals surface area contributed by atoms with Crippen LogP contribution in [0.3, 0.4) is 0 Å². The largest absolute Gasteiger partial charge is 0.497 e. The predicted octanol–water partition coefficient (Wildman–Crippen LogP) is 1.64. The highest BCUT2D eigenvalue weighted by atomic mass is 16.5. The zero-order valence-corrected chi connectivity index (χ0v) is 15.0. The molecule has 0 spiro atoms. The van der Waals surface area contributed by atoms with Crippen molar-refractivity contribution in [2.45, 2.75) is 25.2 Å². The van der Waals surface area contributed by atoms with Crippen molar-refractivity contribution >= 4 is 11.6 Å². The van der Waals surface area contributed by atoms with Crippen LogP contribution in [0.1, 0.15) is 36.3 Å². The topological polar surface area (TPSA) is 113 Å². The second-order valence-electron chi connectivity index (χ2n) is 6.53. The van der Waals surface area contributed by atoms with Crippen LogP contribution in [-0.4, -0.2) is 30.0 Å². The molecule has 1 atom stereocenters. The van der Waals surface area contributed by atoms with Crippen molar-refractivity contribution in [3.63, 3.8) is 0 Å². The summed E-state index contributed by atoms with van der Waals surface area (Å²) in [7, 11) is 3.07. The van der Waals surface area contributed by atoms with Gasteiger partial charge in [0.15, 0.2) is 5.78 Å². The summed E-state index contributed by atoms with van der Waals surface area (Å²) in [5.41, 5.74) is 1.05. The van der Waals surface area contributed by atoms with Crippen LogP contribution in [0.5, 0.6) is 11.5 Å². The second-order valence-corrected chi connectivity index (χ2v) is 6.53. The monoisotopic (exact) mass is 369 g/mol. The maximum Gasteiger partial charge on any atom is 0.327 e. The maximum absolute atomic E-state index is 12.8. The molecule has 140 valence electrons. The van der Waals surface area contributed by atoms with E-state index in [-0.39, 0.29) is 11.3 Å². The number of allylic oxidation sites excluding steroid dienone is 2. The molecule has 0 unspecified atom stereocenters. The van der Waals surface area contributed by atoms with Gasteiger partial charge in [-0.3, -0.25) is 19.6 Å². The lowest BCUT2D eigenvalue weighted by Gasteiger charge is -2.33. The van der Waals surface area contributed by atoms with Crippen molar-refractivity contribution in [3.8, 4) is 11.5 Å². The summed E-state index contributed by atoms with van der Waals surface area (Å²) in [6.07, 6.45) is 1.80. The Morgan fingerprint density at radius 1 is 1.04 bits per heavy atom. The molecule has 4 rings (SSSR count). The van der Waals surface area contributed by atoms with E-state index >= 15 is 0 Å². The molecule has 1 aromatic carbocycles. The number of Topliss-reactive ketones (excluding diaryl/α,β-unsaturated/α-hetero) is 1. The molecule has 0 fully saturated rings. The van der Waals surface area contributed by atoms with E-state index in [0.29, 0.717) is 41.3 Å². The number of aromatic nitrogens is 2. The van der Waals surface area contributed by atoms with Crippen molar-refractivity contribution in [2.24, 2.45) is 0 Å². The zero-order valence-electron chi connectivity index (χ0n) is 15.0. The van der Waals surface area contributed by atoms with E-state index in [1.165, 1.54) is 7.11 Å². The number of nitrogens with one attached hydrogen (secondary N) is 3. The first kappa shape index (κ1) is 17.1. The summed E-state index contributed by atoms with van der Waals surface area (Å²) in [5.74, 6) is 0.748. The van der Waals surface area contributed by atoms with E-state index in [4.69, 9.17) is 9.47 Å². The summed E-state index contributed by atoms with van der Waals surface area (Å²) in [6, 6.07) is 5.25. The smallest absolute Gasteiger partial charge is 0.327 e. The SMILES string of the molecule is COc1ccc(OC)c([C@@H]2C3=C(CCCC3=O)Nc3[nH]c(=O)[nH]c(=O)c32)c1. The first-order valence-electron chi connectivity index (χ1n) is 8.65. The van der Waals surface area contributed by atoms with Crippen LogP contribution in [0.4, 0.5) is 5.82 Å². The van der Waals surface area contributed by atoms with Crippen molar-refractivity contribution in [2.75, 3.05) is 19.5 Å². The van der Waals surface area contributed by atoms with Crippen molar-refractivity contribution in [1.82, 2.24) is 9.97 Å². The van der Waals surface area contributed by atoms with E-state index in [9.17, 15) is 14.4 Å². The number of carbonyl (C=O) groups excluding carboxylic acids is 1. The minimum absolute atomic E-state index is 0.0186. The van der Waals surface area contributed by atoms with Crippen LogP contribution in [0, 0.1) is 0 Å². The summed E-state index contributed by atoms with van der Waals surface area (Å²) in [5, 5.41) is 3.09. The lowest BCUT2D eigenvalue weighted by molar-refractivity contribution is -0.116. The van der Waals surface area contributed by atoms with Crippen LogP contribution in [0.25, 0.3) is 0 Å². The van der Waals surface area contributed by atoms with Gasteiger partial charge in [0.25, 0.3) is 5.56 Å². The highest BCUT2D eigenvalue weighted by Gasteiger charge is 2.38. The third-order valence-corrected chi connectivity index (χ3v) is 5.04. The van der Waals surface area contributed by atoms with Gasteiger partial charge in [-0.05, 0) is 31.0 Å². The Hall–Kier alpha value is -3.29. The molecule has 1 aromatic heterocycles. The van der Waals surface area contributed by atoms with Gasteiger partial charge < -0.3 is 14.8 Å². The van der Waals surface area contributed by atoms with E-state index in [1.54, 1.807) is 25.3 Å². The van der Waals surface area contributed by atoms with Crippen LogP contribution in [-0.2, 0) is 4.79 Å². The number of hydrogen-bond acceptors (Lipinski definition) is 6. The Kier molecular flexibility index (Phi) is 4.10. The predicted molar refractivity (Wildman–Crippen MR) is 98.6 cm³/mol. The molecule has 8 nitrogen and oxygen atoms in total. The minimum atomic E-state index is -0.658. The fourth-order valence-corrected chi connectivity index (χ4v) is 3.87. The normalized spacial score (nSPS) is 18.4. The van der Waals surface area contributed by atoms with E-state index in [1.807, 2.05) is 0 Å². The molecule has 1 aliphatic heterocycles. The summed E-state index contributed by atoms with van der Waals surface area (Å²) in [6.45, 7) is 0. The van der Waals surface area contributed by atoms with Gasteiger partial charge in [-0.25, -0.2) is 4.79 Å². The van der Waals surface area contributed by atoms with Gasteiger partial charge in [-0.15, -0.1) is 0 Å². The van der Waals surface area contributed by atoms with Crippen molar-refractivity contribution < 1.29 is 14.3 Å². The molecular weight excluding hydrogens is 350 g/mol. The van der Waals surface area contributed by atoms with Crippen molar-refractivity contribution in [3.05, 3.63) is 61.4 Å². The quantitative estimate of drug-likeness (QED) is 0.758. The highest BCUT2D eigenvalue weighted by molar-refractivity contribution is 6.01. The van der Waals surface area contributed by atoms with Gasteiger partial charge in [0.05, 0.1) is 25.7 Å². The number of carbonyl (C=O) groups is 1. The van der Waals surface area contributed by atoms with E-state index < -0.39 is 17.2 Å². The Morgan fingerprint density at radius 2 is 1.85 bits per heavy atom. The average molecular weight is 369 g/mol. The zero-order chi connectivity index (χ0) is 19.1. The number of benzene rings is 1. The van der Waals surface area contributed by atoms with Crippen LogP contribution >= 0.6 is 0 Å². The van der Waals surface area contributed by atoms with Crippen LogP contribution in [0.15, 0.2) is 39.1 Å². The molecule has 0 bridgehead atoms. The summed E-state index contributed by atoms with van der Waals surface area (Å²) < 4.78 is 10.8. The molecule has 3 N–H and O–H groups in total. The molecule has 0 saturated carbocycles. The number of aromatic amines is 2. The Balaban J connectivity index is 2.05. The molecule has 2 heterocycles. The Bertz CT molecular complexity index is 1080. The number of methoxy groups -OCH3 is 2. The second kappa shape index (κ2) is 6.46. The molecule has 0 amide bonds. The lowest BCUT2D eigenvalue weighted by Crippen LogP contribution is -2.36. The summed E-state index contributed by atoms with van der Waals surface area (Å²) in [4.78, 5) is 42.2. The van der Waals surface area contributed by atoms with Gasteiger partial charge in [-0.2, -0.15) is 0 Å². The van der Waals surface area contributed by atoms with Crippen LogP contribution < -0.4 is 26.0 Å². The van der Waals surface area contributed by atoms with Gasteiger partial charge in [0.2, 0.25) is 0 Å². The number of anilines is 1. The number of H-pyrrole nitrogens is 2. The number of rotatable bonds is 3. The van der Waals surface area contributed by atoms with Gasteiger partial charge in [0, 0.05) is 23.3 Å². The summed E-state index contributed by atoms with van der Waals surface area (Å²) >= 11 is 0. The van der Waals surface area contributed by atoms with E-state index in [2.05, 4.69) is 15.3 Å². The molecular formula is C19H19N3O5. The molecule has 0 radical (unpaired) electrons. The average Bonchev–Trinajstić information content (AvgIpc) is 2.65. The molecule has 27 heavy (non-hydrogen) atoms. The first-order valence-corrected chi connectivity index (χ1v) is 8.65. The molecule has 0 saturated heterocycles. The molecule has 8 heteroatoms. The van der Waals surface area contributed by atoms with Gasteiger partial charge in [0.1, 0.15) is 17.3 Å². The Labute approximate surface area is 154 Å². The number of hydrogen-bond donors (Lipinski definition) is 3. The highest BCUT2D eigenvalue weighted by Crippen LogP contribution is 2.46. The van der Waals surface area contributed by atoms with Crippen molar-refractivity contribution in [1.29, 1.82) is 0 Å². The minimum Gasteiger partial charge on any atom is -0.497 e. The van der Waals surface area contributed by atoms with Gasteiger partial charge >= 0.3 is 5.69 Å². The fraction of sp³-hybridized carbons (Fsp3) is 0.316. The third kappa shape index (κ3) is 2.73. The number of ether oxygens (including phenoxy) is 2. The molecule has 1 aliphatic carbocycles. The van der Waals surface area contributed by atoms with E-state index in [0.717, 1.165) is 12.1 Å². The number of fused-ring (bicyclic) bond motifs is 1. The Morgan fingerprint density at radius 3 is 2.59 bits per heavy atom. The van der Waals surface area contributed by atoms with Crippen LogP contribution in [0.2, 0.25) is 0 Å². The first-order chi connectivity index (χ1) is 13.0. The van der Waals surface area contributed by atoms with Gasteiger partial charge in [-0.1, -0.05) is 0 Å². The maximum atomic E-state index is 12.8. The number of ketones is 1. The standard InChI is InChI=1S/C19H19N3O5/c1-26-9-6-7-13(27-2)10(8-9)14-15-11(4-3-5-12(15)23)20-17-16(14)18(24)22-19(25)21-17/h6-8,14H,3-5H2,1-2H3,(H3,20,21,22,24,25)/t14-/m1/s1. The third-order valence-electron chi connectivity index (χ3n) is 5.04. The molecule has 2 aromatic rings.